The van der Waals surface area contributed by atoms with Crippen LogP contribution in [0.3, 0.4) is 0 Å². The number of hydrogen-bond acceptors (Lipinski definition) is 6. The van der Waals surface area contributed by atoms with Crippen molar-refractivity contribution in [1.29, 1.82) is 0 Å². The fourth-order valence-electron chi connectivity index (χ4n) is 4.71. The van der Waals surface area contributed by atoms with Gasteiger partial charge in [0.2, 0.25) is 0 Å². The van der Waals surface area contributed by atoms with Gasteiger partial charge in [0.15, 0.2) is 5.11 Å². The predicted molar refractivity (Wildman–Crippen MR) is 139 cm³/mol. The predicted octanol–water partition coefficient (Wildman–Crippen LogP) is 3.94. The summed E-state index contributed by atoms with van der Waals surface area (Å²) in [6.07, 6.45) is 1.80. The van der Waals surface area contributed by atoms with Crippen LogP contribution in [0.25, 0.3) is 5.69 Å². The number of aromatic nitrogens is 2. The molecule has 0 saturated carbocycles. The number of methoxy groups -OCH3 is 1. The number of rotatable bonds is 8. The molecule has 0 aliphatic carbocycles. The molecule has 0 amide bonds. The van der Waals surface area contributed by atoms with E-state index in [4.69, 9.17) is 17.0 Å². The molecule has 3 heterocycles. The van der Waals surface area contributed by atoms with Crippen molar-refractivity contribution in [3.63, 3.8) is 0 Å². The quantitative estimate of drug-likeness (QED) is 0.286. The third-order valence-electron chi connectivity index (χ3n) is 6.39. The van der Waals surface area contributed by atoms with E-state index in [1.165, 1.54) is 19.2 Å². The first-order valence-corrected chi connectivity index (χ1v) is 11.8. The molecule has 0 radical (unpaired) electrons. The molecule has 35 heavy (non-hydrogen) atoms. The lowest BCUT2D eigenvalue weighted by Gasteiger charge is -2.29. The van der Waals surface area contributed by atoms with Crippen molar-refractivity contribution in [3.05, 3.63) is 81.4 Å². The summed E-state index contributed by atoms with van der Waals surface area (Å²) < 4.78 is 7.63. The minimum Gasteiger partial charge on any atom is -0.494 e. The van der Waals surface area contributed by atoms with Crippen LogP contribution in [0, 0.1) is 24.0 Å². The van der Waals surface area contributed by atoms with Crippen LogP contribution in [0.5, 0.6) is 5.75 Å². The number of pyridine rings is 1. The standard InChI is InChI=1S/C25H30N6O3S/c1-16-14-19(17(2)30(16)21-10-9-18(31(32)33)15-22(21)34-5)24-23(20-8-6-7-11-26-20)27-25(35)29(24)13-12-28(3)4/h6-11,14-15,23-24H,12-13H2,1-5H3,(H,27,35)/t23-,24-/m1/s1. The molecular formula is C25H30N6O3S. The average Bonchev–Trinajstić information content (AvgIpc) is 3.32. The Morgan fingerprint density at radius 2 is 2.00 bits per heavy atom. The van der Waals surface area contributed by atoms with Crippen molar-refractivity contribution in [2.24, 2.45) is 0 Å². The molecule has 2 aromatic heterocycles. The van der Waals surface area contributed by atoms with Gasteiger partial charge in [0, 0.05) is 36.7 Å². The van der Waals surface area contributed by atoms with Gasteiger partial charge in [-0.2, -0.15) is 0 Å². The topological polar surface area (TPSA) is 88.7 Å². The highest BCUT2D eigenvalue weighted by molar-refractivity contribution is 7.80. The lowest BCUT2D eigenvalue weighted by Crippen LogP contribution is -2.35. The SMILES string of the molecule is COc1cc([N+](=O)[O-])ccc1-n1c(C)cc([C@@H]2[C@@H](c3ccccn3)NC(=S)N2CCN(C)C)c1C. The van der Waals surface area contributed by atoms with Crippen LogP contribution in [0.15, 0.2) is 48.7 Å². The van der Waals surface area contributed by atoms with Crippen LogP contribution in [0.1, 0.15) is 34.7 Å². The minimum atomic E-state index is -0.418. The normalized spacial score (nSPS) is 17.7. The van der Waals surface area contributed by atoms with Crippen molar-refractivity contribution < 1.29 is 9.66 Å². The summed E-state index contributed by atoms with van der Waals surface area (Å²) in [6, 6.07) is 12.6. The molecule has 9 nitrogen and oxygen atoms in total. The maximum Gasteiger partial charge on any atom is 0.273 e. The number of nitro benzene ring substituents is 1. The number of non-ortho nitro benzene ring substituents is 1. The molecule has 0 bridgehead atoms. The summed E-state index contributed by atoms with van der Waals surface area (Å²) in [7, 11) is 5.62. The van der Waals surface area contributed by atoms with Gasteiger partial charge in [-0.15, -0.1) is 0 Å². The molecule has 1 aromatic carbocycles. The number of ether oxygens (including phenoxy) is 1. The molecule has 10 heteroatoms. The van der Waals surface area contributed by atoms with E-state index in [1.54, 1.807) is 12.3 Å². The number of benzene rings is 1. The highest BCUT2D eigenvalue weighted by atomic mass is 32.1. The van der Waals surface area contributed by atoms with Gasteiger partial charge in [-0.1, -0.05) is 6.07 Å². The Morgan fingerprint density at radius 3 is 2.63 bits per heavy atom. The second-order valence-electron chi connectivity index (χ2n) is 8.90. The summed E-state index contributed by atoms with van der Waals surface area (Å²) >= 11 is 5.78. The van der Waals surface area contributed by atoms with Gasteiger partial charge in [-0.25, -0.2) is 0 Å². The minimum absolute atomic E-state index is 0.0105. The van der Waals surface area contributed by atoms with E-state index in [9.17, 15) is 10.1 Å². The van der Waals surface area contributed by atoms with Crippen LogP contribution < -0.4 is 10.1 Å². The smallest absolute Gasteiger partial charge is 0.273 e. The Bertz CT molecular complexity index is 1240. The Balaban J connectivity index is 1.83. The number of nitrogens with one attached hydrogen (secondary N) is 1. The third-order valence-corrected chi connectivity index (χ3v) is 6.74. The van der Waals surface area contributed by atoms with Gasteiger partial charge >= 0.3 is 0 Å². The zero-order valence-electron chi connectivity index (χ0n) is 20.6. The van der Waals surface area contributed by atoms with E-state index >= 15 is 0 Å². The molecule has 3 aromatic rings. The first-order chi connectivity index (χ1) is 16.7. The lowest BCUT2D eigenvalue weighted by molar-refractivity contribution is -0.384. The van der Waals surface area contributed by atoms with Crippen LogP contribution in [0.4, 0.5) is 5.69 Å². The van der Waals surface area contributed by atoms with Crippen LogP contribution >= 0.6 is 12.2 Å². The Hall–Kier alpha value is -3.50. The van der Waals surface area contributed by atoms with E-state index in [2.05, 4.69) is 37.7 Å². The van der Waals surface area contributed by atoms with Crippen LogP contribution in [0.2, 0.25) is 0 Å². The van der Waals surface area contributed by atoms with Gasteiger partial charge in [-0.3, -0.25) is 15.1 Å². The largest absolute Gasteiger partial charge is 0.494 e. The maximum atomic E-state index is 11.3. The Kier molecular flexibility index (Phi) is 7.04. The number of nitrogens with zero attached hydrogens (tertiary/aromatic N) is 5. The number of nitro groups is 1. The summed E-state index contributed by atoms with van der Waals surface area (Å²) in [4.78, 5) is 19.9. The molecule has 4 rings (SSSR count). The van der Waals surface area contributed by atoms with Gasteiger partial charge in [0.25, 0.3) is 5.69 Å². The first kappa shape index (κ1) is 24.6. The van der Waals surface area contributed by atoms with Gasteiger partial charge in [0.05, 0.1) is 41.6 Å². The first-order valence-electron chi connectivity index (χ1n) is 11.4. The lowest BCUT2D eigenvalue weighted by atomic mass is 9.96. The number of hydrogen-bond donors (Lipinski definition) is 1. The maximum absolute atomic E-state index is 11.3. The molecule has 2 atom stereocenters. The monoisotopic (exact) mass is 494 g/mol. The van der Waals surface area contributed by atoms with Gasteiger partial charge < -0.3 is 24.4 Å². The van der Waals surface area contributed by atoms with Crippen molar-refractivity contribution >= 4 is 23.0 Å². The molecule has 1 saturated heterocycles. The zero-order chi connectivity index (χ0) is 25.3. The van der Waals surface area contributed by atoms with E-state index in [0.29, 0.717) is 10.9 Å². The molecule has 1 aliphatic rings. The van der Waals surface area contributed by atoms with Gasteiger partial charge in [0.1, 0.15) is 5.75 Å². The third kappa shape index (κ3) is 4.71. The van der Waals surface area contributed by atoms with Crippen molar-refractivity contribution in [2.75, 3.05) is 34.3 Å². The molecular weight excluding hydrogens is 464 g/mol. The molecule has 1 fully saturated rings. The molecule has 184 valence electrons. The average molecular weight is 495 g/mol. The Labute approximate surface area is 210 Å². The van der Waals surface area contributed by atoms with E-state index in [0.717, 1.165) is 41.4 Å². The molecule has 0 unspecified atom stereocenters. The zero-order valence-corrected chi connectivity index (χ0v) is 21.4. The summed E-state index contributed by atoms with van der Waals surface area (Å²) in [5.41, 5.74) is 4.79. The van der Waals surface area contributed by atoms with Crippen molar-refractivity contribution in [1.82, 2.24) is 24.7 Å². The van der Waals surface area contributed by atoms with Crippen molar-refractivity contribution in [2.45, 2.75) is 25.9 Å². The highest BCUT2D eigenvalue weighted by Crippen LogP contribution is 2.42. The molecule has 0 spiro atoms. The van der Waals surface area contributed by atoms with E-state index < -0.39 is 4.92 Å². The second-order valence-corrected chi connectivity index (χ2v) is 9.29. The summed E-state index contributed by atoms with van der Waals surface area (Å²) in [5.74, 6) is 0.443. The fraction of sp³-hybridized carbons (Fsp3) is 0.360. The Morgan fingerprint density at radius 1 is 1.23 bits per heavy atom. The molecule has 1 N–H and O–H groups in total. The fourth-order valence-corrected chi connectivity index (χ4v) is 5.05. The second kappa shape index (κ2) is 10.0. The number of thiocarbonyl (C=S) groups is 1. The van der Waals surface area contributed by atoms with Gasteiger partial charge in [-0.05, 0) is 70.0 Å². The summed E-state index contributed by atoms with van der Waals surface area (Å²) in [5, 5.41) is 15.5. The highest BCUT2D eigenvalue weighted by Gasteiger charge is 2.41. The van der Waals surface area contributed by atoms with E-state index in [1.807, 2.05) is 39.2 Å². The number of likely N-dealkylation sites (N-methyl/N-ethyl adjacent to an activating group) is 1. The number of aryl methyl sites for hydroxylation is 1. The van der Waals surface area contributed by atoms with E-state index in [-0.39, 0.29) is 17.8 Å². The summed E-state index contributed by atoms with van der Waals surface area (Å²) in [6.45, 7) is 5.70. The molecule has 1 aliphatic heterocycles. The van der Waals surface area contributed by atoms with Crippen LogP contribution in [-0.2, 0) is 0 Å². The van der Waals surface area contributed by atoms with Crippen molar-refractivity contribution in [3.8, 4) is 11.4 Å². The van der Waals surface area contributed by atoms with Crippen LogP contribution in [-0.4, -0.2) is 63.7 Å².